The van der Waals surface area contributed by atoms with Crippen LogP contribution in [0, 0.1) is 17.3 Å². The first-order valence-electron chi connectivity index (χ1n) is 6.29. The lowest BCUT2D eigenvalue weighted by Gasteiger charge is -2.08. The fraction of sp³-hybridized carbons (Fsp3) is 0.357. The van der Waals surface area contributed by atoms with Crippen molar-refractivity contribution in [2.75, 3.05) is 5.32 Å². The highest BCUT2D eigenvalue weighted by molar-refractivity contribution is 6.34. The molecule has 2 atom stereocenters. The predicted octanol–water partition coefficient (Wildman–Crippen LogP) is 1.73. The van der Waals surface area contributed by atoms with Gasteiger partial charge in [-0.1, -0.05) is 25.4 Å². The molecule has 0 saturated heterocycles. The van der Waals surface area contributed by atoms with Crippen LogP contribution < -0.4 is 11.1 Å². The Morgan fingerprint density at radius 1 is 1.29 bits per heavy atom. The largest absolute Gasteiger partial charge is 0.481 e. The van der Waals surface area contributed by atoms with Crippen molar-refractivity contribution < 1.29 is 19.5 Å². The van der Waals surface area contributed by atoms with E-state index in [9.17, 15) is 14.4 Å². The Morgan fingerprint density at radius 2 is 1.90 bits per heavy atom. The van der Waals surface area contributed by atoms with Gasteiger partial charge in [0.1, 0.15) is 0 Å². The van der Waals surface area contributed by atoms with E-state index in [1.807, 2.05) is 0 Å². The van der Waals surface area contributed by atoms with Crippen LogP contribution in [0.25, 0.3) is 0 Å². The van der Waals surface area contributed by atoms with Crippen LogP contribution in [0.3, 0.4) is 0 Å². The van der Waals surface area contributed by atoms with E-state index in [1.54, 1.807) is 13.8 Å². The smallest absolute Gasteiger partial charge is 0.307 e. The number of halogens is 1. The summed E-state index contributed by atoms with van der Waals surface area (Å²) in [4.78, 5) is 34.3. The van der Waals surface area contributed by atoms with Crippen LogP contribution in [0.15, 0.2) is 18.2 Å². The van der Waals surface area contributed by atoms with Crippen LogP contribution in [0.4, 0.5) is 5.69 Å². The number of rotatable bonds is 4. The van der Waals surface area contributed by atoms with Crippen molar-refractivity contribution in [3.05, 3.63) is 28.8 Å². The molecule has 112 valence electrons. The summed E-state index contributed by atoms with van der Waals surface area (Å²) < 4.78 is 0. The molecule has 0 heterocycles. The summed E-state index contributed by atoms with van der Waals surface area (Å²) in [5.74, 6) is -3.31. The molecule has 0 aromatic heterocycles. The molecule has 1 aliphatic carbocycles. The highest BCUT2D eigenvalue weighted by atomic mass is 35.5. The zero-order chi connectivity index (χ0) is 15.9. The van der Waals surface area contributed by atoms with Gasteiger partial charge in [0.25, 0.3) is 0 Å². The van der Waals surface area contributed by atoms with Gasteiger partial charge in [0.2, 0.25) is 11.8 Å². The first-order chi connectivity index (χ1) is 9.66. The van der Waals surface area contributed by atoms with Gasteiger partial charge in [-0.2, -0.15) is 0 Å². The maximum absolute atomic E-state index is 12.1. The van der Waals surface area contributed by atoms with Crippen LogP contribution in [0.1, 0.15) is 24.2 Å². The van der Waals surface area contributed by atoms with Crippen LogP contribution in [-0.2, 0) is 9.59 Å². The summed E-state index contributed by atoms with van der Waals surface area (Å²) in [5.41, 5.74) is 5.11. The maximum atomic E-state index is 12.1. The molecule has 7 heteroatoms. The number of benzene rings is 1. The molecule has 21 heavy (non-hydrogen) atoms. The summed E-state index contributed by atoms with van der Waals surface area (Å²) in [5, 5.41) is 11.8. The Hall–Kier alpha value is -2.08. The number of anilines is 1. The third-order valence-corrected chi connectivity index (χ3v) is 4.19. The molecule has 2 amide bonds. The van der Waals surface area contributed by atoms with Crippen molar-refractivity contribution >= 4 is 35.1 Å². The first-order valence-corrected chi connectivity index (χ1v) is 6.67. The van der Waals surface area contributed by atoms with Gasteiger partial charge in [0.05, 0.1) is 22.4 Å². The minimum absolute atomic E-state index is 0.130. The number of primary amides is 1. The molecule has 1 fully saturated rings. The van der Waals surface area contributed by atoms with E-state index < -0.39 is 29.1 Å². The highest BCUT2D eigenvalue weighted by Crippen LogP contribution is 2.58. The van der Waals surface area contributed by atoms with Gasteiger partial charge < -0.3 is 16.2 Å². The molecule has 0 spiro atoms. The van der Waals surface area contributed by atoms with E-state index in [-0.39, 0.29) is 16.5 Å². The van der Waals surface area contributed by atoms with Crippen LogP contribution >= 0.6 is 11.6 Å². The zero-order valence-electron chi connectivity index (χ0n) is 11.5. The van der Waals surface area contributed by atoms with Crippen molar-refractivity contribution in [3.8, 4) is 0 Å². The SMILES string of the molecule is CC1(C)[C@H](C(=O)Nc2ccc(C(N)=O)c(Cl)c2)[C@@H]1C(=O)O. The van der Waals surface area contributed by atoms with E-state index in [0.29, 0.717) is 5.69 Å². The summed E-state index contributed by atoms with van der Waals surface area (Å²) in [6, 6.07) is 4.31. The van der Waals surface area contributed by atoms with Gasteiger partial charge in [0, 0.05) is 5.69 Å². The third kappa shape index (κ3) is 2.71. The molecule has 1 aliphatic rings. The van der Waals surface area contributed by atoms with Crippen LogP contribution in [0.5, 0.6) is 0 Å². The normalized spacial score (nSPS) is 22.4. The number of carboxylic acid groups (broad SMARTS) is 1. The quantitative estimate of drug-likeness (QED) is 0.786. The number of carboxylic acids is 1. The van der Waals surface area contributed by atoms with E-state index in [0.717, 1.165) is 0 Å². The fourth-order valence-electron chi connectivity index (χ4n) is 2.60. The Bertz CT molecular complexity index is 642. The summed E-state index contributed by atoms with van der Waals surface area (Å²) in [6.45, 7) is 3.47. The monoisotopic (exact) mass is 310 g/mol. The number of hydrogen-bond donors (Lipinski definition) is 3. The van der Waals surface area contributed by atoms with Gasteiger partial charge in [-0.05, 0) is 23.6 Å². The Balaban J connectivity index is 2.13. The molecule has 0 radical (unpaired) electrons. The van der Waals surface area contributed by atoms with Gasteiger partial charge in [0.15, 0.2) is 0 Å². The number of amides is 2. The maximum Gasteiger partial charge on any atom is 0.307 e. The number of carbonyl (C=O) groups is 3. The van der Waals surface area contributed by atoms with E-state index in [2.05, 4.69) is 5.32 Å². The van der Waals surface area contributed by atoms with Crippen molar-refractivity contribution in [1.29, 1.82) is 0 Å². The second-order valence-electron chi connectivity index (χ2n) is 5.66. The summed E-state index contributed by atoms with van der Waals surface area (Å²) >= 11 is 5.89. The number of aliphatic carboxylic acids is 1. The number of nitrogens with one attached hydrogen (secondary N) is 1. The second kappa shape index (κ2) is 5.04. The first kappa shape index (κ1) is 15.3. The molecular weight excluding hydrogens is 296 g/mol. The molecule has 0 aliphatic heterocycles. The van der Waals surface area contributed by atoms with E-state index >= 15 is 0 Å². The Morgan fingerprint density at radius 3 is 2.33 bits per heavy atom. The molecule has 6 nitrogen and oxygen atoms in total. The van der Waals surface area contributed by atoms with Crippen molar-refractivity contribution in [2.45, 2.75) is 13.8 Å². The Kier molecular flexibility index (Phi) is 3.67. The summed E-state index contributed by atoms with van der Waals surface area (Å²) in [6.07, 6.45) is 0. The fourth-order valence-corrected chi connectivity index (χ4v) is 2.87. The van der Waals surface area contributed by atoms with Crippen LogP contribution in [0.2, 0.25) is 5.02 Å². The predicted molar refractivity (Wildman–Crippen MR) is 77.0 cm³/mol. The molecule has 1 aromatic carbocycles. The molecule has 2 rings (SSSR count). The van der Waals surface area contributed by atoms with Crippen molar-refractivity contribution in [1.82, 2.24) is 0 Å². The number of hydrogen-bond acceptors (Lipinski definition) is 3. The van der Waals surface area contributed by atoms with E-state index in [1.165, 1.54) is 18.2 Å². The summed E-state index contributed by atoms with van der Waals surface area (Å²) in [7, 11) is 0. The van der Waals surface area contributed by atoms with Crippen molar-refractivity contribution in [2.24, 2.45) is 23.0 Å². The van der Waals surface area contributed by atoms with E-state index in [4.69, 9.17) is 22.4 Å². The van der Waals surface area contributed by atoms with Gasteiger partial charge in [-0.15, -0.1) is 0 Å². The molecular formula is C14H15ClN2O4. The van der Waals surface area contributed by atoms with Crippen LogP contribution in [-0.4, -0.2) is 22.9 Å². The van der Waals surface area contributed by atoms with Gasteiger partial charge >= 0.3 is 5.97 Å². The van der Waals surface area contributed by atoms with Gasteiger partial charge in [-0.25, -0.2) is 0 Å². The lowest BCUT2D eigenvalue weighted by Crippen LogP contribution is -2.18. The lowest BCUT2D eigenvalue weighted by atomic mass is 10.1. The number of nitrogens with two attached hydrogens (primary N) is 1. The molecule has 1 saturated carbocycles. The Labute approximate surface area is 126 Å². The topological polar surface area (TPSA) is 109 Å². The average Bonchev–Trinajstić information content (AvgIpc) is 2.92. The standard InChI is InChI=1S/C14H15ClN2O4/c1-14(2)9(10(14)13(20)21)12(19)17-6-3-4-7(11(16)18)8(15)5-6/h3-5,9-10H,1-2H3,(H2,16,18)(H,17,19)(H,20,21)/t9-,10+/m0/s1. The second-order valence-corrected chi connectivity index (χ2v) is 6.07. The minimum Gasteiger partial charge on any atom is -0.481 e. The highest BCUT2D eigenvalue weighted by Gasteiger charge is 2.65. The molecule has 1 aromatic rings. The molecule has 0 bridgehead atoms. The molecule has 0 unspecified atom stereocenters. The van der Waals surface area contributed by atoms with Gasteiger partial charge in [-0.3, -0.25) is 14.4 Å². The zero-order valence-corrected chi connectivity index (χ0v) is 12.3. The number of carbonyl (C=O) groups excluding carboxylic acids is 2. The van der Waals surface area contributed by atoms with Crippen molar-refractivity contribution in [3.63, 3.8) is 0 Å². The average molecular weight is 311 g/mol. The minimum atomic E-state index is -0.984. The third-order valence-electron chi connectivity index (χ3n) is 3.88. The lowest BCUT2D eigenvalue weighted by molar-refractivity contribution is -0.140. The molecule has 4 N–H and O–H groups in total.